The fourth-order valence-electron chi connectivity index (χ4n) is 2.38. The fraction of sp³-hybridized carbons (Fsp3) is 0.250. The van der Waals surface area contributed by atoms with E-state index < -0.39 is 17.4 Å². The van der Waals surface area contributed by atoms with Crippen LogP contribution in [0.25, 0.3) is 0 Å². The first-order valence-corrected chi connectivity index (χ1v) is 6.88. The van der Waals surface area contributed by atoms with E-state index in [2.05, 4.69) is 5.32 Å². The van der Waals surface area contributed by atoms with Crippen LogP contribution < -0.4 is 10.1 Å². The van der Waals surface area contributed by atoms with Gasteiger partial charge in [0.15, 0.2) is 0 Å². The Balaban J connectivity index is 1.83. The number of ether oxygens (including phenoxy) is 1. The third kappa shape index (κ3) is 2.32. The second kappa shape index (κ2) is 5.22. The van der Waals surface area contributed by atoms with Crippen molar-refractivity contribution in [2.45, 2.75) is 19.1 Å². The summed E-state index contributed by atoms with van der Waals surface area (Å²) in [6, 6.07) is 10.5. The van der Waals surface area contributed by atoms with Crippen molar-refractivity contribution in [3.05, 3.63) is 48.4 Å². The molecular weight excluding hydrogens is 284 g/mol. The number of anilines is 1. The van der Waals surface area contributed by atoms with Crippen LogP contribution in [0, 0.1) is 0 Å². The van der Waals surface area contributed by atoms with Crippen molar-refractivity contribution in [1.29, 1.82) is 0 Å². The predicted octanol–water partition coefficient (Wildman–Crippen LogP) is 2.03. The Kier molecular flexibility index (Phi) is 3.36. The normalized spacial score (nSPS) is 19.8. The lowest BCUT2D eigenvalue weighted by atomic mass is 10.0. The van der Waals surface area contributed by atoms with Gasteiger partial charge in [0.25, 0.3) is 17.4 Å². The lowest BCUT2D eigenvalue weighted by molar-refractivity contribution is -0.154. The topological polar surface area (TPSA) is 71.8 Å². The van der Waals surface area contributed by atoms with E-state index in [-0.39, 0.29) is 6.54 Å². The molecule has 1 N–H and O–H groups in total. The zero-order valence-electron chi connectivity index (χ0n) is 12.3. The molecule has 0 spiro atoms. The number of hydrogen-bond acceptors (Lipinski definition) is 4. The van der Waals surface area contributed by atoms with Crippen molar-refractivity contribution in [2.75, 3.05) is 12.4 Å². The first kappa shape index (κ1) is 14.2. The van der Waals surface area contributed by atoms with Crippen LogP contribution in [-0.2, 0) is 16.1 Å². The summed E-state index contributed by atoms with van der Waals surface area (Å²) in [6.45, 7) is 1.74. The van der Waals surface area contributed by atoms with Gasteiger partial charge in [0, 0.05) is 7.05 Å². The van der Waals surface area contributed by atoms with Crippen LogP contribution >= 0.6 is 0 Å². The molecule has 6 heteroatoms. The van der Waals surface area contributed by atoms with Gasteiger partial charge in [-0.25, -0.2) is 0 Å². The molecule has 2 amide bonds. The number of benzene rings is 1. The summed E-state index contributed by atoms with van der Waals surface area (Å²) in [5, 5.41) is 2.71. The minimum absolute atomic E-state index is 0.264. The number of rotatable bonds is 3. The summed E-state index contributed by atoms with van der Waals surface area (Å²) in [6.07, 6.45) is 1.54. The Morgan fingerprint density at radius 1 is 1.27 bits per heavy atom. The molecule has 2 aromatic rings. The largest absolute Gasteiger partial charge is 0.467 e. The van der Waals surface area contributed by atoms with Crippen molar-refractivity contribution in [3.8, 4) is 5.75 Å². The molecule has 0 bridgehead atoms. The summed E-state index contributed by atoms with van der Waals surface area (Å²) in [5.41, 5.74) is -1.04. The van der Waals surface area contributed by atoms with E-state index in [1.807, 2.05) is 0 Å². The zero-order valence-corrected chi connectivity index (χ0v) is 12.3. The number of carbonyl (C=O) groups excluding carboxylic acids is 2. The van der Waals surface area contributed by atoms with Crippen LogP contribution in [0.5, 0.6) is 5.75 Å². The lowest BCUT2D eigenvalue weighted by Gasteiger charge is -2.35. The maximum Gasteiger partial charge on any atom is 0.278 e. The van der Waals surface area contributed by atoms with Crippen LogP contribution in [-0.4, -0.2) is 29.4 Å². The van der Waals surface area contributed by atoms with Crippen molar-refractivity contribution < 1.29 is 18.7 Å². The Morgan fingerprint density at radius 3 is 2.77 bits per heavy atom. The Bertz CT molecular complexity index is 711. The second-order valence-corrected chi connectivity index (χ2v) is 5.33. The first-order valence-electron chi connectivity index (χ1n) is 6.88. The van der Waals surface area contributed by atoms with Gasteiger partial charge >= 0.3 is 0 Å². The number of carbonyl (C=O) groups is 2. The van der Waals surface area contributed by atoms with Crippen molar-refractivity contribution in [2.24, 2.45) is 0 Å². The monoisotopic (exact) mass is 300 g/mol. The minimum Gasteiger partial charge on any atom is -0.467 e. The third-order valence-corrected chi connectivity index (χ3v) is 3.61. The average molecular weight is 300 g/mol. The number of fused-ring (bicyclic) bond motifs is 1. The van der Waals surface area contributed by atoms with E-state index in [1.54, 1.807) is 43.4 Å². The van der Waals surface area contributed by atoms with Crippen molar-refractivity contribution >= 4 is 17.5 Å². The van der Waals surface area contributed by atoms with Crippen molar-refractivity contribution in [3.63, 3.8) is 0 Å². The first-order chi connectivity index (χ1) is 10.5. The summed E-state index contributed by atoms with van der Waals surface area (Å²) in [4.78, 5) is 26.4. The highest BCUT2D eigenvalue weighted by Gasteiger charge is 2.48. The third-order valence-electron chi connectivity index (χ3n) is 3.61. The van der Waals surface area contributed by atoms with Gasteiger partial charge in [-0.05, 0) is 31.2 Å². The minimum atomic E-state index is -1.60. The molecular formula is C16H16N2O4. The van der Waals surface area contributed by atoms with E-state index >= 15 is 0 Å². The standard InChI is InChI=1S/C16H16N2O4/c1-16(15(20)18(2)10-11-6-5-9-21-11)14(19)17-12-7-3-4-8-13(12)22-16/h3-9H,10H2,1-2H3,(H,17,19). The Morgan fingerprint density at radius 2 is 2.05 bits per heavy atom. The van der Waals surface area contributed by atoms with Gasteiger partial charge in [-0.15, -0.1) is 0 Å². The van der Waals surface area contributed by atoms with E-state index in [4.69, 9.17) is 9.15 Å². The SMILES string of the molecule is CN(Cc1ccco1)C(=O)C1(C)Oc2ccccc2NC1=O. The van der Waals surface area contributed by atoms with E-state index in [0.717, 1.165) is 0 Å². The summed E-state index contributed by atoms with van der Waals surface area (Å²) >= 11 is 0. The number of hydrogen-bond donors (Lipinski definition) is 1. The molecule has 0 fully saturated rings. The van der Waals surface area contributed by atoms with Crippen LogP contribution in [0.1, 0.15) is 12.7 Å². The molecule has 0 saturated carbocycles. The molecule has 3 rings (SSSR count). The summed E-state index contributed by atoms with van der Waals surface area (Å²) in [7, 11) is 1.60. The lowest BCUT2D eigenvalue weighted by Crippen LogP contribution is -2.58. The molecule has 6 nitrogen and oxygen atoms in total. The molecule has 0 radical (unpaired) electrons. The average Bonchev–Trinajstić information content (AvgIpc) is 3.00. The highest BCUT2D eigenvalue weighted by atomic mass is 16.5. The highest BCUT2D eigenvalue weighted by Crippen LogP contribution is 2.34. The van der Waals surface area contributed by atoms with Gasteiger partial charge in [0.2, 0.25) is 0 Å². The molecule has 1 unspecified atom stereocenters. The molecule has 1 aliphatic heterocycles. The van der Waals surface area contributed by atoms with E-state index in [1.165, 1.54) is 18.1 Å². The van der Waals surface area contributed by atoms with Gasteiger partial charge in [-0.3, -0.25) is 9.59 Å². The molecule has 0 saturated heterocycles. The van der Waals surface area contributed by atoms with Gasteiger partial charge in [0.05, 0.1) is 18.5 Å². The molecule has 1 aliphatic rings. The molecule has 114 valence electrons. The second-order valence-electron chi connectivity index (χ2n) is 5.33. The smallest absolute Gasteiger partial charge is 0.278 e. The maximum absolute atomic E-state index is 12.7. The summed E-state index contributed by atoms with van der Waals surface area (Å²) in [5.74, 6) is 0.193. The van der Waals surface area contributed by atoms with Crippen molar-refractivity contribution in [1.82, 2.24) is 4.90 Å². The van der Waals surface area contributed by atoms with Crippen LogP contribution in [0.3, 0.4) is 0 Å². The molecule has 0 aliphatic carbocycles. The summed E-state index contributed by atoms with van der Waals surface area (Å²) < 4.78 is 10.9. The number of furan rings is 1. The Labute approximate surface area is 127 Å². The Hall–Kier alpha value is -2.76. The fourth-order valence-corrected chi connectivity index (χ4v) is 2.38. The number of nitrogens with zero attached hydrogens (tertiary/aromatic N) is 1. The highest BCUT2D eigenvalue weighted by molar-refractivity contribution is 6.15. The van der Waals surface area contributed by atoms with Gasteiger partial charge in [-0.2, -0.15) is 0 Å². The van der Waals surface area contributed by atoms with E-state index in [9.17, 15) is 9.59 Å². The van der Waals surface area contributed by atoms with E-state index in [0.29, 0.717) is 17.2 Å². The van der Waals surface area contributed by atoms with Gasteiger partial charge < -0.3 is 19.4 Å². The maximum atomic E-state index is 12.7. The number of para-hydroxylation sites is 2. The van der Waals surface area contributed by atoms with Crippen LogP contribution in [0.2, 0.25) is 0 Å². The van der Waals surface area contributed by atoms with Gasteiger partial charge in [-0.1, -0.05) is 12.1 Å². The number of nitrogens with one attached hydrogen (secondary N) is 1. The quantitative estimate of drug-likeness (QED) is 0.880. The molecule has 1 aromatic heterocycles. The van der Waals surface area contributed by atoms with Crippen LogP contribution in [0.4, 0.5) is 5.69 Å². The number of amides is 2. The predicted molar refractivity (Wildman–Crippen MR) is 79.3 cm³/mol. The number of likely N-dealkylation sites (N-methyl/N-ethyl adjacent to an activating group) is 1. The van der Waals surface area contributed by atoms with Crippen LogP contribution in [0.15, 0.2) is 47.1 Å². The molecule has 1 aromatic carbocycles. The molecule has 22 heavy (non-hydrogen) atoms. The zero-order chi connectivity index (χ0) is 15.7. The molecule has 1 atom stereocenters. The van der Waals surface area contributed by atoms with Gasteiger partial charge in [0.1, 0.15) is 11.5 Å². The molecule has 2 heterocycles.